The third-order valence-electron chi connectivity index (χ3n) is 1.03. The van der Waals surface area contributed by atoms with E-state index in [-0.39, 0.29) is 6.42 Å². The number of carboxylic acids is 1. The molecule has 1 aromatic heterocycles. The van der Waals surface area contributed by atoms with Gasteiger partial charge in [0.25, 0.3) is 0 Å². The SMILES string of the molecule is O=C(O)C(Br)Cc1ncno1. The molecule has 0 saturated carbocycles. The van der Waals surface area contributed by atoms with E-state index in [1.54, 1.807) is 0 Å². The van der Waals surface area contributed by atoms with Crippen LogP contribution in [0.2, 0.25) is 0 Å². The van der Waals surface area contributed by atoms with Gasteiger partial charge in [0, 0.05) is 0 Å². The monoisotopic (exact) mass is 220 g/mol. The fourth-order valence-corrected chi connectivity index (χ4v) is 0.803. The van der Waals surface area contributed by atoms with E-state index in [4.69, 9.17) is 5.11 Å². The molecule has 0 aliphatic heterocycles. The molecule has 0 spiro atoms. The fraction of sp³-hybridized carbons (Fsp3) is 0.400. The summed E-state index contributed by atoms with van der Waals surface area (Å²) >= 11 is 2.94. The Morgan fingerprint density at radius 3 is 3.09 bits per heavy atom. The number of carboxylic acid groups (broad SMARTS) is 1. The fourth-order valence-electron chi connectivity index (χ4n) is 0.527. The molecule has 1 atom stereocenters. The standard InChI is InChI=1S/C5H5BrN2O3/c6-3(5(9)10)1-4-7-2-8-11-4/h2-3H,1H2,(H,9,10). The van der Waals surface area contributed by atoms with Crippen molar-refractivity contribution in [3.8, 4) is 0 Å². The van der Waals surface area contributed by atoms with Gasteiger partial charge in [0.15, 0.2) is 6.33 Å². The van der Waals surface area contributed by atoms with Crippen molar-refractivity contribution in [2.24, 2.45) is 0 Å². The second-order valence-electron chi connectivity index (χ2n) is 1.84. The van der Waals surface area contributed by atoms with E-state index in [9.17, 15) is 4.79 Å². The van der Waals surface area contributed by atoms with Crippen molar-refractivity contribution >= 4 is 21.9 Å². The maximum atomic E-state index is 10.3. The van der Waals surface area contributed by atoms with Gasteiger partial charge in [-0.3, -0.25) is 4.79 Å². The van der Waals surface area contributed by atoms with Gasteiger partial charge in [-0.15, -0.1) is 0 Å². The summed E-state index contributed by atoms with van der Waals surface area (Å²) in [4.78, 5) is 13.3. The zero-order valence-electron chi connectivity index (χ0n) is 5.40. The molecule has 1 aromatic rings. The highest BCUT2D eigenvalue weighted by Gasteiger charge is 2.16. The molecule has 0 aliphatic carbocycles. The predicted octanol–water partition coefficient (Wildman–Crippen LogP) is 0.460. The minimum Gasteiger partial charge on any atom is -0.480 e. The van der Waals surface area contributed by atoms with Crippen LogP contribution in [0.1, 0.15) is 5.89 Å². The molecule has 0 amide bonds. The number of carbonyl (C=O) groups is 1. The maximum Gasteiger partial charge on any atom is 0.317 e. The highest BCUT2D eigenvalue weighted by Crippen LogP contribution is 2.06. The number of alkyl halides is 1. The van der Waals surface area contributed by atoms with Crippen molar-refractivity contribution in [2.45, 2.75) is 11.2 Å². The minimum absolute atomic E-state index is 0.204. The topological polar surface area (TPSA) is 76.2 Å². The van der Waals surface area contributed by atoms with Gasteiger partial charge in [-0.25, -0.2) is 0 Å². The summed E-state index contributed by atoms with van der Waals surface area (Å²) in [5.74, 6) is -0.627. The number of aromatic nitrogens is 2. The summed E-state index contributed by atoms with van der Waals surface area (Å²) in [6, 6.07) is 0. The molecule has 1 unspecified atom stereocenters. The molecule has 60 valence electrons. The average Bonchev–Trinajstić information content (AvgIpc) is 2.39. The van der Waals surface area contributed by atoms with E-state index in [1.165, 1.54) is 6.33 Å². The van der Waals surface area contributed by atoms with Crippen molar-refractivity contribution < 1.29 is 14.4 Å². The summed E-state index contributed by atoms with van der Waals surface area (Å²) in [6.07, 6.45) is 1.44. The highest BCUT2D eigenvalue weighted by atomic mass is 79.9. The Balaban J connectivity index is 2.50. The van der Waals surface area contributed by atoms with Crippen LogP contribution < -0.4 is 0 Å². The molecule has 5 nitrogen and oxygen atoms in total. The molecule has 0 bridgehead atoms. The van der Waals surface area contributed by atoms with E-state index in [0.29, 0.717) is 5.89 Å². The van der Waals surface area contributed by atoms with Crippen molar-refractivity contribution in [2.75, 3.05) is 0 Å². The lowest BCUT2D eigenvalue weighted by Crippen LogP contribution is -2.15. The van der Waals surface area contributed by atoms with Gasteiger partial charge < -0.3 is 9.63 Å². The Hall–Kier alpha value is -0.910. The molecule has 1 N–H and O–H groups in total. The van der Waals surface area contributed by atoms with E-state index in [2.05, 4.69) is 30.6 Å². The molecule has 1 heterocycles. The number of nitrogens with zero attached hydrogens (tertiary/aromatic N) is 2. The van der Waals surface area contributed by atoms with Crippen LogP contribution >= 0.6 is 15.9 Å². The van der Waals surface area contributed by atoms with Crippen LogP contribution in [0, 0.1) is 0 Å². The second-order valence-corrected chi connectivity index (χ2v) is 2.95. The molecule has 0 radical (unpaired) electrons. The van der Waals surface area contributed by atoms with Crippen LogP contribution in [0.15, 0.2) is 10.9 Å². The summed E-state index contributed by atoms with van der Waals surface area (Å²) < 4.78 is 4.60. The first-order chi connectivity index (χ1) is 5.20. The summed E-state index contributed by atoms with van der Waals surface area (Å²) in [6.45, 7) is 0. The van der Waals surface area contributed by atoms with Gasteiger partial charge in [0.1, 0.15) is 4.83 Å². The van der Waals surface area contributed by atoms with E-state index >= 15 is 0 Å². The molecule has 0 aliphatic rings. The first kappa shape index (κ1) is 8.19. The van der Waals surface area contributed by atoms with Crippen LogP contribution in [0.5, 0.6) is 0 Å². The van der Waals surface area contributed by atoms with Crippen LogP contribution in [0.4, 0.5) is 0 Å². The highest BCUT2D eigenvalue weighted by molar-refractivity contribution is 9.10. The molecular formula is C5H5BrN2O3. The summed E-state index contributed by atoms with van der Waals surface area (Å²) in [5, 5.41) is 11.8. The lowest BCUT2D eigenvalue weighted by Gasteiger charge is -1.97. The van der Waals surface area contributed by atoms with E-state index < -0.39 is 10.8 Å². The molecular weight excluding hydrogens is 216 g/mol. The van der Waals surface area contributed by atoms with E-state index in [1.807, 2.05) is 0 Å². The third-order valence-corrected chi connectivity index (χ3v) is 1.74. The number of hydrogen-bond donors (Lipinski definition) is 1. The maximum absolute atomic E-state index is 10.3. The normalized spacial score (nSPS) is 12.8. The van der Waals surface area contributed by atoms with Crippen LogP contribution in [0.25, 0.3) is 0 Å². The van der Waals surface area contributed by atoms with Gasteiger partial charge in [-0.2, -0.15) is 4.98 Å². The van der Waals surface area contributed by atoms with Gasteiger partial charge in [0.2, 0.25) is 5.89 Å². The quantitative estimate of drug-likeness (QED) is 0.750. The molecule has 0 fully saturated rings. The first-order valence-corrected chi connectivity index (χ1v) is 3.74. The Morgan fingerprint density at radius 2 is 2.64 bits per heavy atom. The lowest BCUT2D eigenvalue weighted by atomic mass is 10.3. The zero-order chi connectivity index (χ0) is 8.27. The van der Waals surface area contributed by atoms with E-state index in [0.717, 1.165) is 0 Å². The summed E-state index contributed by atoms with van der Waals surface area (Å²) in [7, 11) is 0. The van der Waals surface area contributed by atoms with Gasteiger partial charge in [-0.05, 0) is 0 Å². The second kappa shape index (κ2) is 3.47. The van der Waals surface area contributed by atoms with Crippen LogP contribution in [0.3, 0.4) is 0 Å². The van der Waals surface area contributed by atoms with Crippen molar-refractivity contribution in [3.63, 3.8) is 0 Å². The van der Waals surface area contributed by atoms with Crippen molar-refractivity contribution in [1.82, 2.24) is 10.1 Å². The average molecular weight is 221 g/mol. The van der Waals surface area contributed by atoms with Gasteiger partial charge in [0.05, 0.1) is 6.42 Å². The first-order valence-electron chi connectivity index (χ1n) is 2.82. The largest absolute Gasteiger partial charge is 0.480 e. The zero-order valence-corrected chi connectivity index (χ0v) is 6.98. The Kier molecular flexibility index (Phi) is 2.58. The van der Waals surface area contributed by atoms with Gasteiger partial charge in [-0.1, -0.05) is 21.1 Å². The van der Waals surface area contributed by atoms with Crippen LogP contribution in [-0.2, 0) is 11.2 Å². The Labute approximate surface area is 70.5 Å². The Bertz CT molecular complexity index is 236. The van der Waals surface area contributed by atoms with Gasteiger partial charge >= 0.3 is 5.97 Å². The molecule has 1 rings (SSSR count). The molecule has 0 saturated heterocycles. The smallest absolute Gasteiger partial charge is 0.317 e. The van der Waals surface area contributed by atoms with Crippen molar-refractivity contribution in [3.05, 3.63) is 12.2 Å². The Morgan fingerprint density at radius 1 is 1.91 bits per heavy atom. The third kappa shape index (κ3) is 2.30. The summed E-state index contributed by atoms with van der Waals surface area (Å²) in [5.41, 5.74) is 0. The molecule has 6 heteroatoms. The molecule has 11 heavy (non-hydrogen) atoms. The van der Waals surface area contributed by atoms with Crippen molar-refractivity contribution in [1.29, 1.82) is 0 Å². The number of halogens is 1. The minimum atomic E-state index is -0.941. The predicted molar refractivity (Wildman–Crippen MR) is 38.4 cm³/mol. The number of rotatable bonds is 3. The number of hydrogen-bond acceptors (Lipinski definition) is 4. The molecule has 0 aromatic carbocycles. The lowest BCUT2D eigenvalue weighted by molar-refractivity contribution is -0.136. The van der Waals surface area contributed by atoms with Crippen LogP contribution in [-0.4, -0.2) is 26.0 Å². The number of aliphatic carboxylic acids is 1.